The normalized spacial score (nSPS) is 22.6. The zero-order chi connectivity index (χ0) is 20.1. The van der Waals surface area contributed by atoms with E-state index in [9.17, 15) is 14.7 Å². The number of nitrogens with one attached hydrogen (secondary N) is 1. The van der Waals surface area contributed by atoms with Crippen molar-refractivity contribution in [3.8, 4) is 0 Å². The Morgan fingerprint density at radius 1 is 1.10 bits per heavy atom. The van der Waals surface area contributed by atoms with Crippen LogP contribution in [0, 0.1) is 0 Å². The lowest BCUT2D eigenvalue weighted by atomic mass is 9.89. The van der Waals surface area contributed by atoms with E-state index in [1.807, 2.05) is 55.5 Å². The van der Waals surface area contributed by atoms with Gasteiger partial charge in [-0.1, -0.05) is 48.5 Å². The Morgan fingerprint density at radius 2 is 1.83 bits per heavy atom. The number of amides is 2. The molecule has 0 radical (unpaired) electrons. The van der Waals surface area contributed by atoms with Crippen molar-refractivity contribution in [2.45, 2.75) is 31.5 Å². The fourth-order valence-corrected chi connectivity index (χ4v) is 4.77. The van der Waals surface area contributed by atoms with Crippen LogP contribution in [0.4, 0.5) is 0 Å². The highest BCUT2D eigenvalue weighted by atomic mass is 16.3. The molecule has 0 spiro atoms. The number of aliphatic hydroxyl groups is 1. The standard InChI is InChI=1S/C23H23N3O3/c1-14-22-17(16-9-5-6-10-18(16)24-22)11-19-23(29)25(13-21(28)26(14)19)12-20(27)15-7-3-2-4-8-15/h2-10,14,19-20,24,27H,11-13H2,1H3/t14?,19-,20?/m0/s1. The van der Waals surface area contributed by atoms with E-state index in [0.717, 1.165) is 27.7 Å². The van der Waals surface area contributed by atoms with Crippen LogP contribution < -0.4 is 0 Å². The Balaban J connectivity index is 1.45. The molecule has 148 valence electrons. The molecule has 2 aliphatic rings. The van der Waals surface area contributed by atoms with Gasteiger partial charge in [0, 0.05) is 23.0 Å². The monoisotopic (exact) mass is 389 g/mol. The summed E-state index contributed by atoms with van der Waals surface area (Å²) in [6.07, 6.45) is -0.323. The Morgan fingerprint density at radius 3 is 2.62 bits per heavy atom. The first-order valence-electron chi connectivity index (χ1n) is 9.97. The summed E-state index contributed by atoms with van der Waals surface area (Å²) in [5, 5.41) is 11.7. The minimum atomic E-state index is -0.816. The third kappa shape index (κ3) is 2.83. The van der Waals surface area contributed by atoms with E-state index < -0.39 is 12.1 Å². The predicted octanol–water partition coefficient (Wildman–Crippen LogP) is 2.56. The van der Waals surface area contributed by atoms with Crippen molar-refractivity contribution in [3.63, 3.8) is 0 Å². The number of piperazine rings is 1. The first-order chi connectivity index (χ1) is 14.0. The van der Waals surface area contributed by atoms with Crippen molar-refractivity contribution in [2.24, 2.45) is 0 Å². The van der Waals surface area contributed by atoms with Crippen molar-refractivity contribution < 1.29 is 14.7 Å². The number of rotatable bonds is 3. The molecule has 5 rings (SSSR count). The minimum absolute atomic E-state index is 0.000864. The number of hydrogen-bond donors (Lipinski definition) is 2. The molecule has 1 fully saturated rings. The average Bonchev–Trinajstić information content (AvgIpc) is 3.11. The Hall–Kier alpha value is -3.12. The van der Waals surface area contributed by atoms with E-state index in [-0.39, 0.29) is 30.9 Å². The summed E-state index contributed by atoms with van der Waals surface area (Å²) >= 11 is 0. The van der Waals surface area contributed by atoms with E-state index in [2.05, 4.69) is 11.1 Å². The smallest absolute Gasteiger partial charge is 0.246 e. The number of nitrogens with zero attached hydrogens (tertiary/aromatic N) is 2. The third-order valence-electron chi connectivity index (χ3n) is 6.20. The molecule has 6 heteroatoms. The molecule has 2 aromatic carbocycles. The number of aromatic nitrogens is 1. The second-order valence-electron chi connectivity index (χ2n) is 7.90. The molecular weight excluding hydrogens is 366 g/mol. The quantitative estimate of drug-likeness (QED) is 0.723. The van der Waals surface area contributed by atoms with Crippen LogP contribution in [-0.2, 0) is 16.0 Å². The number of carbonyl (C=O) groups is 2. The minimum Gasteiger partial charge on any atom is -0.387 e. The van der Waals surface area contributed by atoms with Crippen molar-refractivity contribution in [3.05, 3.63) is 71.4 Å². The van der Waals surface area contributed by atoms with E-state index in [1.165, 1.54) is 4.90 Å². The molecule has 0 bridgehead atoms. The number of β-amino-alcohol motifs (C(OH)–C–C–N with tert-alkyl or cyclic N) is 1. The predicted molar refractivity (Wildman–Crippen MR) is 109 cm³/mol. The average molecular weight is 389 g/mol. The van der Waals surface area contributed by atoms with Gasteiger partial charge in [0.25, 0.3) is 0 Å². The molecule has 6 nitrogen and oxygen atoms in total. The number of carbonyl (C=O) groups excluding carboxylic acids is 2. The van der Waals surface area contributed by atoms with Crippen LogP contribution in [-0.4, -0.2) is 50.8 Å². The highest BCUT2D eigenvalue weighted by molar-refractivity contribution is 5.97. The number of benzene rings is 2. The summed E-state index contributed by atoms with van der Waals surface area (Å²) in [6, 6.07) is 16.6. The molecule has 1 saturated heterocycles. The van der Waals surface area contributed by atoms with Gasteiger partial charge in [-0.3, -0.25) is 9.59 Å². The summed E-state index contributed by atoms with van der Waals surface area (Å²) in [5.41, 5.74) is 3.90. The number of aliphatic hydroxyl groups excluding tert-OH is 1. The van der Waals surface area contributed by atoms with Gasteiger partial charge in [-0.25, -0.2) is 0 Å². The van der Waals surface area contributed by atoms with Gasteiger partial charge in [0.05, 0.1) is 25.2 Å². The first-order valence-corrected chi connectivity index (χ1v) is 9.97. The van der Waals surface area contributed by atoms with Crippen LogP contribution in [0.25, 0.3) is 10.9 Å². The molecule has 1 aromatic heterocycles. The zero-order valence-corrected chi connectivity index (χ0v) is 16.2. The maximum absolute atomic E-state index is 13.3. The van der Waals surface area contributed by atoms with Crippen molar-refractivity contribution in [2.75, 3.05) is 13.1 Å². The zero-order valence-electron chi connectivity index (χ0n) is 16.2. The van der Waals surface area contributed by atoms with Crippen LogP contribution in [0.5, 0.6) is 0 Å². The van der Waals surface area contributed by atoms with Crippen LogP contribution in [0.15, 0.2) is 54.6 Å². The van der Waals surface area contributed by atoms with Crippen LogP contribution in [0.2, 0.25) is 0 Å². The van der Waals surface area contributed by atoms with E-state index in [4.69, 9.17) is 0 Å². The van der Waals surface area contributed by atoms with Gasteiger partial charge in [0.2, 0.25) is 11.8 Å². The van der Waals surface area contributed by atoms with Gasteiger partial charge < -0.3 is 19.9 Å². The summed E-state index contributed by atoms with van der Waals surface area (Å²) in [4.78, 5) is 32.9. The fraction of sp³-hybridized carbons (Fsp3) is 0.304. The molecule has 29 heavy (non-hydrogen) atoms. The molecule has 3 atom stereocenters. The Bertz CT molecular complexity index is 1090. The molecule has 0 aliphatic carbocycles. The van der Waals surface area contributed by atoms with Crippen LogP contribution in [0.1, 0.15) is 35.9 Å². The maximum atomic E-state index is 13.3. The molecule has 2 amide bonds. The number of fused-ring (bicyclic) bond motifs is 4. The van der Waals surface area contributed by atoms with Gasteiger partial charge in [-0.15, -0.1) is 0 Å². The molecule has 3 heterocycles. The number of H-pyrrole nitrogens is 1. The van der Waals surface area contributed by atoms with Crippen LogP contribution in [0.3, 0.4) is 0 Å². The van der Waals surface area contributed by atoms with Crippen molar-refractivity contribution in [1.82, 2.24) is 14.8 Å². The largest absolute Gasteiger partial charge is 0.387 e. The third-order valence-corrected chi connectivity index (χ3v) is 6.20. The van der Waals surface area contributed by atoms with E-state index >= 15 is 0 Å². The topological polar surface area (TPSA) is 76.6 Å². The number of aromatic amines is 1. The molecule has 3 aromatic rings. The van der Waals surface area contributed by atoms with Gasteiger partial charge in [-0.05, 0) is 24.1 Å². The van der Waals surface area contributed by atoms with Gasteiger partial charge in [0.1, 0.15) is 6.04 Å². The number of hydrogen-bond acceptors (Lipinski definition) is 3. The molecule has 0 saturated carbocycles. The van der Waals surface area contributed by atoms with E-state index in [1.54, 1.807) is 4.90 Å². The van der Waals surface area contributed by atoms with Crippen molar-refractivity contribution in [1.29, 1.82) is 0 Å². The summed E-state index contributed by atoms with van der Waals surface area (Å²) < 4.78 is 0. The van der Waals surface area contributed by atoms with Crippen molar-refractivity contribution >= 4 is 22.7 Å². The van der Waals surface area contributed by atoms with Crippen LogP contribution >= 0.6 is 0 Å². The lowest BCUT2D eigenvalue weighted by Crippen LogP contribution is -2.62. The SMILES string of the molecule is CC1c2[nH]c3ccccc3c2C[C@H]2C(=O)N(CC(O)c3ccccc3)CC(=O)N12. The molecular formula is C23H23N3O3. The second-order valence-corrected chi connectivity index (χ2v) is 7.90. The summed E-state index contributed by atoms with van der Waals surface area (Å²) in [6.45, 7) is 2.09. The Kier molecular flexibility index (Phi) is 4.17. The summed E-state index contributed by atoms with van der Waals surface area (Å²) in [7, 11) is 0. The lowest BCUT2D eigenvalue weighted by molar-refractivity contribution is -0.160. The van der Waals surface area contributed by atoms with Gasteiger partial charge in [0.15, 0.2) is 0 Å². The second kappa shape index (κ2) is 6.74. The number of para-hydroxylation sites is 1. The van der Waals surface area contributed by atoms with E-state index in [0.29, 0.717) is 6.42 Å². The maximum Gasteiger partial charge on any atom is 0.246 e. The van der Waals surface area contributed by atoms with Gasteiger partial charge >= 0.3 is 0 Å². The Labute approximate surface area is 168 Å². The first kappa shape index (κ1) is 17.9. The van der Waals surface area contributed by atoms with Gasteiger partial charge in [-0.2, -0.15) is 0 Å². The molecule has 2 N–H and O–H groups in total. The highest BCUT2D eigenvalue weighted by Crippen LogP contribution is 2.39. The lowest BCUT2D eigenvalue weighted by Gasteiger charge is -2.46. The fourth-order valence-electron chi connectivity index (χ4n) is 4.77. The summed E-state index contributed by atoms with van der Waals surface area (Å²) in [5.74, 6) is -0.172. The molecule has 2 unspecified atom stereocenters. The highest BCUT2D eigenvalue weighted by Gasteiger charge is 2.46. The molecule has 2 aliphatic heterocycles.